The van der Waals surface area contributed by atoms with Crippen LogP contribution in [0.15, 0.2) is 29.1 Å². The lowest BCUT2D eigenvalue weighted by Crippen LogP contribution is -2.32. The zero-order valence-corrected chi connectivity index (χ0v) is 12.9. The number of aliphatic hydroxyl groups excluding tert-OH is 1. The molecule has 1 heterocycles. The minimum atomic E-state index is -1.16. The number of aryl methyl sites for hydroxylation is 2. The molecule has 0 saturated heterocycles. The van der Waals surface area contributed by atoms with Crippen molar-refractivity contribution in [2.45, 2.75) is 26.4 Å². The minimum absolute atomic E-state index is 0.110. The topological polar surface area (TPSA) is 95.1 Å². The lowest BCUT2D eigenvalue weighted by molar-refractivity contribution is -0.120. The number of nitrogens with zero attached hydrogens (tertiary/aromatic N) is 1. The molecule has 2 rings (SSSR count). The molecule has 3 N–H and O–H groups in total. The molecule has 0 fully saturated rings. The van der Waals surface area contributed by atoms with Crippen molar-refractivity contribution >= 4 is 5.91 Å². The van der Waals surface area contributed by atoms with Gasteiger partial charge in [0.05, 0.1) is 12.5 Å². The van der Waals surface area contributed by atoms with Crippen LogP contribution < -0.4 is 10.9 Å². The van der Waals surface area contributed by atoms with Crippen LogP contribution in [0.5, 0.6) is 0 Å². The van der Waals surface area contributed by atoms with Gasteiger partial charge in [0.2, 0.25) is 5.91 Å². The Balaban J connectivity index is 1.99. The maximum absolute atomic E-state index is 13.5. The fraction of sp³-hybridized carbons (Fsp3) is 0.312. The van der Waals surface area contributed by atoms with Crippen molar-refractivity contribution in [3.05, 3.63) is 63.1 Å². The number of amides is 1. The third-order valence-corrected chi connectivity index (χ3v) is 3.43. The van der Waals surface area contributed by atoms with Gasteiger partial charge in [0.15, 0.2) is 0 Å². The maximum atomic E-state index is 13.5. The summed E-state index contributed by atoms with van der Waals surface area (Å²) in [6.45, 7) is 3.16. The van der Waals surface area contributed by atoms with Crippen molar-refractivity contribution in [1.82, 2.24) is 15.3 Å². The van der Waals surface area contributed by atoms with Gasteiger partial charge in [-0.3, -0.25) is 9.59 Å². The van der Waals surface area contributed by atoms with Crippen LogP contribution in [0.3, 0.4) is 0 Å². The van der Waals surface area contributed by atoms with E-state index in [1.165, 1.54) is 18.2 Å². The van der Waals surface area contributed by atoms with Crippen LogP contribution >= 0.6 is 0 Å². The van der Waals surface area contributed by atoms with Crippen molar-refractivity contribution in [2.75, 3.05) is 6.54 Å². The van der Waals surface area contributed by atoms with Gasteiger partial charge in [-0.2, -0.15) is 0 Å². The van der Waals surface area contributed by atoms with Gasteiger partial charge in [0.25, 0.3) is 5.56 Å². The molecule has 0 bridgehead atoms. The van der Waals surface area contributed by atoms with Gasteiger partial charge in [-0.25, -0.2) is 9.37 Å². The SMILES string of the molecule is Cc1nc(C)c(CC(=O)NCC(O)c2ccccc2F)c(=O)[nH]1. The molecule has 2 aromatic rings. The second kappa shape index (κ2) is 7.15. The molecule has 1 aromatic carbocycles. The standard InChI is InChI=1S/C16H18FN3O3/c1-9-12(16(23)20-10(2)19-9)7-15(22)18-8-14(21)11-5-3-4-6-13(11)17/h3-6,14,21H,7-8H2,1-2H3,(H,18,22)(H,19,20,23). The first-order valence-electron chi connectivity index (χ1n) is 7.14. The predicted octanol–water partition coefficient (Wildman–Crippen LogP) is 0.918. The zero-order valence-electron chi connectivity index (χ0n) is 12.9. The molecule has 7 heteroatoms. The van der Waals surface area contributed by atoms with E-state index in [2.05, 4.69) is 15.3 Å². The highest BCUT2D eigenvalue weighted by Crippen LogP contribution is 2.15. The Hall–Kier alpha value is -2.54. The predicted molar refractivity (Wildman–Crippen MR) is 82.4 cm³/mol. The van der Waals surface area contributed by atoms with E-state index in [0.29, 0.717) is 11.5 Å². The monoisotopic (exact) mass is 319 g/mol. The van der Waals surface area contributed by atoms with Crippen LogP contribution in [0.1, 0.15) is 28.7 Å². The lowest BCUT2D eigenvalue weighted by atomic mass is 10.1. The van der Waals surface area contributed by atoms with Crippen molar-refractivity contribution in [2.24, 2.45) is 0 Å². The summed E-state index contributed by atoms with van der Waals surface area (Å²) in [6.07, 6.45) is -1.31. The molecule has 1 unspecified atom stereocenters. The van der Waals surface area contributed by atoms with E-state index < -0.39 is 17.8 Å². The molecular weight excluding hydrogens is 301 g/mol. The molecule has 0 radical (unpaired) electrons. The van der Waals surface area contributed by atoms with E-state index in [4.69, 9.17) is 0 Å². The molecule has 0 aliphatic carbocycles. The number of aromatic amines is 1. The van der Waals surface area contributed by atoms with E-state index in [1.807, 2.05) is 0 Å². The number of nitrogens with one attached hydrogen (secondary N) is 2. The van der Waals surface area contributed by atoms with Gasteiger partial charge in [0.1, 0.15) is 11.6 Å². The third-order valence-electron chi connectivity index (χ3n) is 3.43. The second-order valence-electron chi connectivity index (χ2n) is 5.23. The minimum Gasteiger partial charge on any atom is -0.386 e. The van der Waals surface area contributed by atoms with Gasteiger partial charge >= 0.3 is 0 Å². The first-order valence-corrected chi connectivity index (χ1v) is 7.14. The van der Waals surface area contributed by atoms with Crippen LogP contribution in [-0.2, 0) is 11.2 Å². The summed E-state index contributed by atoms with van der Waals surface area (Å²) < 4.78 is 13.5. The van der Waals surface area contributed by atoms with Crippen molar-refractivity contribution in [3.8, 4) is 0 Å². The molecule has 0 aliphatic heterocycles. The maximum Gasteiger partial charge on any atom is 0.254 e. The Morgan fingerprint density at radius 2 is 2.09 bits per heavy atom. The van der Waals surface area contributed by atoms with Crippen LogP contribution in [-0.4, -0.2) is 27.5 Å². The second-order valence-corrected chi connectivity index (χ2v) is 5.23. The zero-order chi connectivity index (χ0) is 17.0. The summed E-state index contributed by atoms with van der Waals surface area (Å²) in [7, 11) is 0. The Bertz CT molecular complexity index is 773. The van der Waals surface area contributed by atoms with E-state index in [0.717, 1.165) is 0 Å². The number of aromatic nitrogens is 2. The normalized spacial score (nSPS) is 12.0. The smallest absolute Gasteiger partial charge is 0.254 e. The first-order chi connectivity index (χ1) is 10.9. The van der Waals surface area contributed by atoms with Crippen molar-refractivity contribution in [1.29, 1.82) is 0 Å². The number of aliphatic hydroxyl groups is 1. The molecule has 0 aliphatic rings. The summed E-state index contributed by atoms with van der Waals surface area (Å²) >= 11 is 0. The number of halogens is 1. The van der Waals surface area contributed by atoms with Crippen LogP contribution in [0.2, 0.25) is 0 Å². The average Bonchev–Trinajstić information content (AvgIpc) is 2.49. The number of carbonyl (C=O) groups is 1. The highest BCUT2D eigenvalue weighted by Gasteiger charge is 2.15. The van der Waals surface area contributed by atoms with Crippen LogP contribution in [0.4, 0.5) is 4.39 Å². The molecule has 23 heavy (non-hydrogen) atoms. The molecule has 0 saturated carbocycles. The van der Waals surface area contributed by atoms with E-state index >= 15 is 0 Å². The number of rotatable bonds is 5. The molecule has 0 spiro atoms. The van der Waals surface area contributed by atoms with Gasteiger partial charge in [0, 0.05) is 23.4 Å². The molecule has 6 nitrogen and oxygen atoms in total. The largest absolute Gasteiger partial charge is 0.386 e. The molecule has 122 valence electrons. The number of hydrogen-bond donors (Lipinski definition) is 3. The first kappa shape index (κ1) is 16.8. The summed E-state index contributed by atoms with van der Waals surface area (Å²) in [5.41, 5.74) is 0.503. The average molecular weight is 319 g/mol. The summed E-state index contributed by atoms with van der Waals surface area (Å²) in [5.74, 6) is -0.504. The molecular formula is C16H18FN3O3. The highest BCUT2D eigenvalue weighted by molar-refractivity contribution is 5.78. The lowest BCUT2D eigenvalue weighted by Gasteiger charge is -2.13. The number of benzene rings is 1. The number of hydrogen-bond acceptors (Lipinski definition) is 4. The van der Waals surface area contributed by atoms with Gasteiger partial charge in [-0.15, -0.1) is 0 Å². The van der Waals surface area contributed by atoms with E-state index in [-0.39, 0.29) is 29.7 Å². The summed E-state index contributed by atoms with van der Waals surface area (Å²) in [4.78, 5) is 30.4. The summed E-state index contributed by atoms with van der Waals surface area (Å²) in [5, 5.41) is 12.4. The summed E-state index contributed by atoms with van der Waals surface area (Å²) in [6, 6.07) is 5.81. The Morgan fingerprint density at radius 1 is 1.39 bits per heavy atom. The van der Waals surface area contributed by atoms with E-state index in [9.17, 15) is 19.1 Å². The Labute approximate surface area is 132 Å². The molecule has 1 amide bonds. The fourth-order valence-corrected chi connectivity index (χ4v) is 2.25. The van der Waals surface area contributed by atoms with Crippen LogP contribution in [0.25, 0.3) is 0 Å². The van der Waals surface area contributed by atoms with Crippen LogP contribution in [0, 0.1) is 19.7 Å². The van der Waals surface area contributed by atoms with Crippen molar-refractivity contribution in [3.63, 3.8) is 0 Å². The number of H-pyrrole nitrogens is 1. The van der Waals surface area contributed by atoms with Gasteiger partial charge in [-0.1, -0.05) is 18.2 Å². The third kappa shape index (κ3) is 4.23. The number of carbonyl (C=O) groups excluding carboxylic acids is 1. The Morgan fingerprint density at radius 3 is 2.74 bits per heavy atom. The quantitative estimate of drug-likeness (QED) is 0.763. The van der Waals surface area contributed by atoms with Gasteiger partial charge < -0.3 is 15.4 Å². The van der Waals surface area contributed by atoms with Gasteiger partial charge in [-0.05, 0) is 19.9 Å². The van der Waals surface area contributed by atoms with E-state index in [1.54, 1.807) is 19.9 Å². The fourth-order valence-electron chi connectivity index (χ4n) is 2.25. The Kier molecular flexibility index (Phi) is 5.23. The molecule has 1 atom stereocenters. The highest BCUT2D eigenvalue weighted by atomic mass is 19.1. The van der Waals surface area contributed by atoms with Crippen molar-refractivity contribution < 1.29 is 14.3 Å². The molecule has 1 aromatic heterocycles.